The second kappa shape index (κ2) is 14.3. The number of rotatable bonds is 11. The highest BCUT2D eigenvalue weighted by Crippen LogP contribution is 2.30. The number of carbonyl (C=O) groups is 2. The van der Waals surface area contributed by atoms with Gasteiger partial charge in [-0.15, -0.1) is 0 Å². The van der Waals surface area contributed by atoms with E-state index in [9.17, 15) is 27.9 Å². The smallest absolute Gasteiger partial charge is 0.411 e. The van der Waals surface area contributed by atoms with Crippen LogP contribution >= 0.6 is 0 Å². The molecule has 1 aliphatic rings. The normalized spacial score (nSPS) is 15.5. The number of hydrogen-bond donors (Lipinski definition) is 5. The molecule has 1 aliphatic heterocycles. The number of nitrogens with one attached hydrogen (secondary N) is 4. The van der Waals surface area contributed by atoms with Crippen LogP contribution < -0.4 is 25.8 Å². The Bertz CT molecular complexity index is 1960. The lowest BCUT2D eigenvalue weighted by Crippen LogP contribution is -2.38. The van der Waals surface area contributed by atoms with Crippen LogP contribution in [-0.4, -0.2) is 56.5 Å². The zero-order valence-corrected chi connectivity index (χ0v) is 27.3. The topological polar surface area (TPSA) is 170 Å². The van der Waals surface area contributed by atoms with Gasteiger partial charge in [-0.3, -0.25) is 14.4 Å². The first-order valence-corrected chi connectivity index (χ1v) is 17.0. The van der Waals surface area contributed by atoms with Crippen molar-refractivity contribution in [3.05, 3.63) is 99.5 Å². The number of sulfonamides is 1. The summed E-state index contributed by atoms with van der Waals surface area (Å²) in [7, 11) is -1.62. The number of aryl methyl sites for hydroxylation is 1. The van der Waals surface area contributed by atoms with Gasteiger partial charge in [0.1, 0.15) is 0 Å². The summed E-state index contributed by atoms with van der Waals surface area (Å²) in [6, 6.07) is 16.3. The first kappa shape index (κ1) is 33.5. The number of anilines is 3. The molecule has 12 nitrogen and oxygen atoms in total. The van der Waals surface area contributed by atoms with E-state index in [0.29, 0.717) is 47.5 Å². The summed E-state index contributed by atoms with van der Waals surface area (Å²) in [5.74, 6) is -1.15. The Morgan fingerprint density at radius 1 is 1.04 bits per heavy atom. The molecule has 0 radical (unpaired) electrons. The molecule has 3 aromatic carbocycles. The van der Waals surface area contributed by atoms with E-state index in [2.05, 4.69) is 20.9 Å². The lowest BCUT2D eigenvalue weighted by atomic mass is 9.93. The molecule has 1 unspecified atom stereocenters. The van der Waals surface area contributed by atoms with E-state index in [0.717, 1.165) is 28.5 Å². The van der Waals surface area contributed by atoms with E-state index in [4.69, 9.17) is 4.74 Å². The van der Waals surface area contributed by atoms with Gasteiger partial charge >= 0.3 is 12.1 Å². The minimum atomic E-state index is -3.39. The van der Waals surface area contributed by atoms with E-state index >= 15 is 0 Å². The number of aromatic nitrogens is 1. The van der Waals surface area contributed by atoms with Gasteiger partial charge in [0.2, 0.25) is 10.0 Å². The third-order valence-corrected chi connectivity index (χ3v) is 10.1. The fourth-order valence-electron chi connectivity index (χ4n) is 5.90. The maximum absolute atomic E-state index is 12.7. The summed E-state index contributed by atoms with van der Waals surface area (Å²) in [4.78, 5) is 39.8. The lowest BCUT2D eigenvalue weighted by molar-refractivity contribution is -0.138. The number of pyridine rings is 1. The van der Waals surface area contributed by atoms with Crippen LogP contribution in [0.2, 0.25) is 0 Å². The van der Waals surface area contributed by atoms with Crippen molar-refractivity contribution in [2.75, 3.05) is 40.9 Å². The summed E-state index contributed by atoms with van der Waals surface area (Å²) >= 11 is 0. The molecule has 4 aromatic rings. The number of fused-ring (bicyclic) bond motifs is 1. The van der Waals surface area contributed by atoms with E-state index in [1.54, 1.807) is 67.8 Å². The fourth-order valence-corrected chi connectivity index (χ4v) is 7.58. The van der Waals surface area contributed by atoms with Crippen molar-refractivity contribution < 1.29 is 27.9 Å². The molecule has 0 spiro atoms. The standard InChI is InChI=1S/C34H39N5O7S/c1-21-16-24(31(33(41)42)37-27-8-6-23-12-13-36-32(40)29(23)18-27)7-10-28(21)22(2)20-46-34(43)38-26-9-11-30(25(17-26)19-35-3)39-14-4-5-15-47(39,44)45/h6-13,16-18,22,31,35,37H,4-5,14-15,19-20H2,1-3H3,(H,36,40)(H,38,43)(H,41,42)/t22-,31?/m0/s1. The molecule has 1 fully saturated rings. The van der Waals surface area contributed by atoms with Gasteiger partial charge in [0.25, 0.3) is 5.56 Å². The summed E-state index contributed by atoms with van der Waals surface area (Å²) < 4.78 is 32.3. The molecule has 47 heavy (non-hydrogen) atoms. The molecule has 1 saturated heterocycles. The Morgan fingerprint density at radius 3 is 2.55 bits per heavy atom. The number of nitrogens with zero attached hydrogens (tertiary/aromatic N) is 1. The number of ether oxygens (including phenoxy) is 1. The van der Waals surface area contributed by atoms with E-state index in [1.807, 2.05) is 19.9 Å². The predicted molar refractivity (Wildman–Crippen MR) is 183 cm³/mol. The minimum Gasteiger partial charge on any atom is -0.479 e. The van der Waals surface area contributed by atoms with Gasteiger partial charge in [-0.1, -0.05) is 31.2 Å². The molecule has 1 aromatic heterocycles. The second-order valence-corrected chi connectivity index (χ2v) is 13.7. The van der Waals surface area contributed by atoms with Gasteiger partial charge in [0.05, 0.1) is 18.0 Å². The highest BCUT2D eigenvalue weighted by molar-refractivity contribution is 7.92. The van der Waals surface area contributed by atoms with Crippen molar-refractivity contribution in [3.63, 3.8) is 0 Å². The Morgan fingerprint density at radius 2 is 1.83 bits per heavy atom. The molecule has 2 heterocycles. The van der Waals surface area contributed by atoms with Crippen molar-refractivity contribution in [1.82, 2.24) is 10.3 Å². The third kappa shape index (κ3) is 7.75. The maximum atomic E-state index is 12.7. The largest absolute Gasteiger partial charge is 0.479 e. The summed E-state index contributed by atoms with van der Waals surface area (Å²) in [5.41, 5.74) is 4.32. The number of hydrogen-bond acceptors (Lipinski definition) is 8. The van der Waals surface area contributed by atoms with Crippen LogP contribution in [0.5, 0.6) is 0 Å². The van der Waals surface area contributed by atoms with Crippen molar-refractivity contribution in [2.24, 2.45) is 0 Å². The molecule has 248 valence electrons. The number of benzene rings is 3. The Balaban J connectivity index is 1.23. The van der Waals surface area contributed by atoms with Crippen molar-refractivity contribution >= 4 is 49.9 Å². The Hall–Kier alpha value is -4.88. The zero-order chi connectivity index (χ0) is 33.7. The van der Waals surface area contributed by atoms with Crippen molar-refractivity contribution in [3.8, 4) is 0 Å². The van der Waals surface area contributed by atoms with Crippen LogP contribution in [0.3, 0.4) is 0 Å². The SMILES string of the molecule is CNCc1cc(NC(=O)OC[C@H](C)c2ccc(C(Nc3ccc4cc[nH]c(=O)c4c3)C(=O)O)cc2C)ccc1N1CCCCS1(=O)=O. The number of amides is 1. The lowest BCUT2D eigenvalue weighted by Gasteiger charge is -2.30. The Kier molecular flexibility index (Phi) is 10.2. The molecule has 0 bridgehead atoms. The Labute approximate surface area is 273 Å². The van der Waals surface area contributed by atoms with Gasteiger partial charge in [0, 0.05) is 42.0 Å². The van der Waals surface area contributed by atoms with Crippen molar-refractivity contribution in [1.29, 1.82) is 0 Å². The van der Waals surface area contributed by atoms with Crippen LogP contribution in [0.4, 0.5) is 21.9 Å². The van der Waals surface area contributed by atoms with Crippen LogP contribution in [-0.2, 0) is 26.1 Å². The first-order valence-electron chi connectivity index (χ1n) is 15.4. The molecule has 0 aliphatic carbocycles. The highest BCUT2D eigenvalue weighted by atomic mass is 32.2. The van der Waals surface area contributed by atoms with E-state index in [-0.39, 0.29) is 23.8 Å². The minimum absolute atomic E-state index is 0.0751. The summed E-state index contributed by atoms with van der Waals surface area (Å²) in [6.45, 7) is 4.70. The van der Waals surface area contributed by atoms with Crippen LogP contribution in [0.25, 0.3) is 10.8 Å². The van der Waals surface area contributed by atoms with Crippen LogP contribution in [0, 0.1) is 6.92 Å². The molecular formula is C34H39N5O7S. The number of carboxylic acid groups (broad SMARTS) is 1. The first-order chi connectivity index (χ1) is 22.5. The number of H-pyrrole nitrogens is 1. The van der Waals surface area contributed by atoms with Crippen LogP contribution in [0.15, 0.2) is 71.7 Å². The molecule has 1 amide bonds. The third-order valence-electron chi connectivity index (χ3n) is 8.27. The average Bonchev–Trinajstić information content (AvgIpc) is 3.03. The number of aromatic amines is 1. The fraction of sp³-hybridized carbons (Fsp3) is 0.324. The average molecular weight is 662 g/mol. The van der Waals surface area contributed by atoms with E-state index < -0.39 is 28.1 Å². The monoisotopic (exact) mass is 661 g/mol. The number of aliphatic carboxylic acids is 1. The molecule has 2 atom stereocenters. The van der Waals surface area contributed by atoms with Gasteiger partial charge < -0.3 is 25.5 Å². The maximum Gasteiger partial charge on any atom is 0.411 e. The predicted octanol–water partition coefficient (Wildman–Crippen LogP) is 5.08. The molecule has 5 N–H and O–H groups in total. The molecule has 13 heteroatoms. The van der Waals surface area contributed by atoms with Gasteiger partial charge in [-0.05, 0) is 90.9 Å². The number of carbonyl (C=O) groups excluding carboxylic acids is 1. The highest BCUT2D eigenvalue weighted by Gasteiger charge is 2.28. The zero-order valence-electron chi connectivity index (χ0n) is 26.5. The number of carboxylic acids is 1. The summed E-state index contributed by atoms with van der Waals surface area (Å²) in [5, 5.41) is 20.0. The second-order valence-electron chi connectivity index (χ2n) is 11.7. The van der Waals surface area contributed by atoms with Gasteiger partial charge in [0.15, 0.2) is 6.04 Å². The van der Waals surface area contributed by atoms with E-state index in [1.165, 1.54) is 4.31 Å². The van der Waals surface area contributed by atoms with Gasteiger partial charge in [-0.2, -0.15) is 0 Å². The quantitative estimate of drug-likeness (QED) is 0.147. The summed E-state index contributed by atoms with van der Waals surface area (Å²) in [6.07, 6.45) is 2.35. The molecule has 5 rings (SSSR count). The molecule has 0 saturated carbocycles. The van der Waals surface area contributed by atoms with Crippen LogP contribution in [0.1, 0.15) is 54.0 Å². The van der Waals surface area contributed by atoms with Crippen molar-refractivity contribution in [2.45, 2.75) is 45.2 Å². The molecular weight excluding hydrogens is 622 g/mol. The van der Waals surface area contributed by atoms with Gasteiger partial charge in [-0.25, -0.2) is 18.0 Å².